The van der Waals surface area contributed by atoms with Crippen LogP contribution in [0.1, 0.15) is 41.0 Å². The number of nitrogens with zero attached hydrogens (tertiary/aromatic N) is 3. The number of hydrogen-bond acceptors (Lipinski definition) is 3. The van der Waals surface area contributed by atoms with E-state index in [2.05, 4.69) is 31.3 Å². The molecule has 5 nitrogen and oxygen atoms in total. The average Bonchev–Trinajstić information content (AvgIpc) is 3.02. The molecule has 1 N–H and O–H groups in total. The van der Waals surface area contributed by atoms with Crippen LogP contribution in [0.5, 0.6) is 0 Å². The molecule has 7 heteroatoms. The zero-order valence-electron chi connectivity index (χ0n) is 14.4. The highest BCUT2D eigenvalue weighted by Crippen LogP contribution is 2.21. The standard InChI is InChI=1S/C19H18BrClN4O/c1-3-18(13-8-14(20)10-22-9-13)24-19(26)17-11-23-25(12(17)2)16-6-4-15(21)5-7-16/h4-11,18H,3H2,1-2H3,(H,24,26). The first-order valence-corrected chi connectivity index (χ1v) is 9.38. The number of hydrogen-bond donors (Lipinski definition) is 1. The minimum Gasteiger partial charge on any atom is -0.345 e. The van der Waals surface area contributed by atoms with Gasteiger partial charge >= 0.3 is 0 Å². The Morgan fingerprint density at radius 1 is 1.27 bits per heavy atom. The summed E-state index contributed by atoms with van der Waals surface area (Å²) in [5.41, 5.74) is 3.13. The summed E-state index contributed by atoms with van der Waals surface area (Å²) in [6, 6.07) is 9.17. The second-order valence-corrected chi connectivity index (χ2v) is 7.25. The van der Waals surface area contributed by atoms with Gasteiger partial charge in [0.1, 0.15) is 0 Å². The van der Waals surface area contributed by atoms with Crippen LogP contribution >= 0.6 is 27.5 Å². The summed E-state index contributed by atoms with van der Waals surface area (Å²) >= 11 is 9.35. The van der Waals surface area contributed by atoms with Gasteiger partial charge in [-0.2, -0.15) is 5.10 Å². The smallest absolute Gasteiger partial charge is 0.255 e. The van der Waals surface area contributed by atoms with Crippen molar-refractivity contribution in [1.82, 2.24) is 20.1 Å². The number of rotatable bonds is 5. The van der Waals surface area contributed by atoms with Crippen molar-refractivity contribution in [3.8, 4) is 5.69 Å². The number of aromatic nitrogens is 3. The Morgan fingerprint density at radius 3 is 2.65 bits per heavy atom. The van der Waals surface area contributed by atoms with Crippen molar-refractivity contribution in [2.45, 2.75) is 26.3 Å². The van der Waals surface area contributed by atoms with E-state index >= 15 is 0 Å². The van der Waals surface area contributed by atoms with Gasteiger partial charge in [0.2, 0.25) is 0 Å². The molecule has 1 atom stereocenters. The maximum atomic E-state index is 12.8. The van der Waals surface area contributed by atoms with Gasteiger partial charge in [0, 0.05) is 21.9 Å². The van der Waals surface area contributed by atoms with E-state index < -0.39 is 0 Å². The fourth-order valence-corrected chi connectivity index (χ4v) is 3.26. The Kier molecular flexibility index (Phi) is 5.74. The first-order chi connectivity index (χ1) is 12.5. The minimum absolute atomic E-state index is 0.120. The van der Waals surface area contributed by atoms with E-state index in [4.69, 9.17) is 11.6 Å². The molecule has 0 saturated carbocycles. The lowest BCUT2D eigenvalue weighted by molar-refractivity contribution is 0.0935. The normalized spacial score (nSPS) is 12.0. The van der Waals surface area contributed by atoms with Crippen LogP contribution in [0, 0.1) is 6.92 Å². The predicted molar refractivity (Wildman–Crippen MR) is 106 cm³/mol. The molecule has 134 valence electrons. The maximum absolute atomic E-state index is 12.8. The van der Waals surface area contributed by atoms with E-state index in [-0.39, 0.29) is 11.9 Å². The molecule has 2 aromatic heterocycles. The Hall–Kier alpha value is -2.18. The van der Waals surface area contributed by atoms with Crippen molar-refractivity contribution >= 4 is 33.4 Å². The molecule has 26 heavy (non-hydrogen) atoms. The van der Waals surface area contributed by atoms with E-state index in [9.17, 15) is 4.79 Å². The third-order valence-electron chi connectivity index (χ3n) is 4.17. The monoisotopic (exact) mass is 432 g/mol. The van der Waals surface area contributed by atoms with Crippen molar-refractivity contribution < 1.29 is 4.79 Å². The molecule has 1 aromatic carbocycles. The molecule has 0 aliphatic carbocycles. The summed E-state index contributed by atoms with van der Waals surface area (Å²) in [5.74, 6) is -0.158. The van der Waals surface area contributed by atoms with Crippen LogP contribution in [0.4, 0.5) is 0 Å². The first-order valence-electron chi connectivity index (χ1n) is 8.21. The molecule has 0 radical (unpaired) electrons. The quantitative estimate of drug-likeness (QED) is 0.624. The Balaban J connectivity index is 1.83. The number of carbonyl (C=O) groups excluding carboxylic acids is 1. The Bertz CT molecular complexity index is 924. The van der Waals surface area contributed by atoms with E-state index in [0.717, 1.165) is 27.8 Å². The lowest BCUT2D eigenvalue weighted by Crippen LogP contribution is -2.28. The van der Waals surface area contributed by atoms with Crippen molar-refractivity contribution in [3.63, 3.8) is 0 Å². The lowest BCUT2D eigenvalue weighted by atomic mass is 10.1. The fraction of sp³-hybridized carbons (Fsp3) is 0.211. The van der Waals surface area contributed by atoms with Gasteiger partial charge in [0.05, 0.1) is 29.2 Å². The van der Waals surface area contributed by atoms with Gasteiger partial charge in [0.15, 0.2) is 0 Å². The molecule has 3 rings (SSSR count). The Labute approximate surface area is 165 Å². The van der Waals surface area contributed by atoms with E-state index in [1.807, 2.05) is 32.0 Å². The van der Waals surface area contributed by atoms with Crippen molar-refractivity contribution in [2.24, 2.45) is 0 Å². The number of halogens is 2. The molecule has 0 aliphatic rings. The summed E-state index contributed by atoms with van der Waals surface area (Å²) in [6.07, 6.45) is 5.83. The van der Waals surface area contributed by atoms with Crippen molar-refractivity contribution in [2.75, 3.05) is 0 Å². The van der Waals surface area contributed by atoms with E-state index in [1.165, 1.54) is 0 Å². The highest BCUT2D eigenvalue weighted by Gasteiger charge is 2.19. The first kappa shape index (κ1) is 18.6. The van der Waals surface area contributed by atoms with Gasteiger partial charge in [0.25, 0.3) is 5.91 Å². The van der Waals surface area contributed by atoms with Gasteiger partial charge in [-0.05, 0) is 65.2 Å². The lowest BCUT2D eigenvalue weighted by Gasteiger charge is -2.17. The number of carbonyl (C=O) groups is 1. The van der Waals surface area contributed by atoms with Gasteiger partial charge in [-0.25, -0.2) is 4.68 Å². The molecular weight excluding hydrogens is 416 g/mol. The molecule has 3 aromatic rings. The SMILES string of the molecule is CCC(NC(=O)c1cnn(-c2ccc(Cl)cc2)c1C)c1cncc(Br)c1. The summed E-state index contributed by atoms with van der Waals surface area (Å²) < 4.78 is 2.61. The van der Waals surface area contributed by atoms with Crippen LogP contribution in [0.3, 0.4) is 0 Å². The predicted octanol–water partition coefficient (Wildman–Crippen LogP) is 4.87. The highest BCUT2D eigenvalue weighted by molar-refractivity contribution is 9.10. The summed E-state index contributed by atoms with van der Waals surface area (Å²) in [7, 11) is 0. The summed E-state index contributed by atoms with van der Waals surface area (Å²) in [6.45, 7) is 3.90. The molecule has 0 spiro atoms. The summed E-state index contributed by atoms with van der Waals surface area (Å²) in [5, 5.41) is 8.07. The van der Waals surface area contributed by atoms with Crippen LogP contribution in [-0.4, -0.2) is 20.7 Å². The van der Waals surface area contributed by atoms with Gasteiger partial charge in [-0.1, -0.05) is 18.5 Å². The van der Waals surface area contributed by atoms with Crippen LogP contribution < -0.4 is 5.32 Å². The van der Waals surface area contributed by atoms with Crippen LogP contribution in [0.15, 0.2) is 53.4 Å². The largest absolute Gasteiger partial charge is 0.345 e. The second kappa shape index (κ2) is 8.01. The number of pyridine rings is 1. The zero-order chi connectivity index (χ0) is 18.7. The van der Waals surface area contributed by atoms with Gasteiger partial charge in [-0.3, -0.25) is 9.78 Å². The van der Waals surface area contributed by atoms with Crippen LogP contribution in [-0.2, 0) is 0 Å². The molecule has 1 unspecified atom stereocenters. The number of benzene rings is 1. The number of amides is 1. The van der Waals surface area contributed by atoms with Crippen molar-refractivity contribution in [3.05, 3.63) is 75.2 Å². The van der Waals surface area contributed by atoms with E-state index in [0.29, 0.717) is 10.6 Å². The third-order valence-corrected chi connectivity index (χ3v) is 4.85. The molecular formula is C19H18BrClN4O. The van der Waals surface area contributed by atoms with Crippen molar-refractivity contribution in [1.29, 1.82) is 0 Å². The fourth-order valence-electron chi connectivity index (χ4n) is 2.75. The van der Waals surface area contributed by atoms with Gasteiger partial charge in [-0.15, -0.1) is 0 Å². The van der Waals surface area contributed by atoms with E-state index in [1.54, 1.807) is 35.4 Å². The summed E-state index contributed by atoms with van der Waals surface area (Å²) in [4.78, 5) is 17.0. The molecule has 0 fully saturated rings. The molecule has 1 amide bonds. The average molecular weight is 434 g/mol. The third kappa shape index (κ3) is 3.97. The maximum Gasteiger partial charge on any atom is 0.255 e. The Morgan fingerprint density at radius 2 is 2.00 bits per heavy atom. The second-order valence-electron chi connectivity index (χ2n) is 5.90. The molecule has 2 heterocycles. The highest BCUT2D eigenvalue weighted by atomic mass is 79.9. The topological polar surface area (TPSA) is 59.8 Å². The molecule has 0 bridgehead atoms. The minimum atomic E-state index is -0.158. The molecule has 0 aliphatic heterocycles. The van der Waals surface area contributed by atoms with Crippen LogP contribution in [0.25, 0.3) is 5.69 Å². The number of nitrogens with one attached hydrogen (secondary N) is 1. The molecule has 0 saturated heterocycles. The zero-order valence-corrected chi connectivity index (χ0v) is 16.8. The van der Waals surface area contributed by atoms with Gasteiger partial charge < -0.3 is 5.32 Å². The van der Waals surface area contributed by atoms with Crippen LogP contribution in [0.2, 0.25) is 5.02 Å².